The highest BCUT2D eigenvalue weighted by atomic mass is 16.5. The Bertz CT molecular complexity index is 1320. The Labute approximate surface area is 190 Å². The van der Waals surface area contributed by atoms with Crippen molar-refractivity contribution in [2.75, 3.05) is 18.6 Å². The Morgan fingerprint density at radius 1 is 1.12 bits per heavy atom. The first-order valence-corrected chi connectivity index (χ1v) is 10.8. The number of fused-ring (bicyclic) bond motifs is 2. The van der Waals surface area contributed by atoms with Gasteiger partial charge in [-0.3, -0.25) is 9.48 Å². The molecule has 5 rings (SSSR count). The third-order valence-electron chi connectivity index (χ3n) is 5.83. The van der Waals surface area contributed by atoms with Crippen molar-refractivity contribution in [3.05, 3.63) is 77.9 Å². The molecule has 1 aliphatic heterocycles. The highest BCUT2D eigenvalue weighted by molar-refractivity contribution is 5.97. The van der Waals surface area contributed by atoms with Crippen LogP contribution in [-0.4, -0.2) is 35.3 Å². The van der Waals surface area contributed by atoms with E-state index >= 15 is 0 Å². The number of amides is 1. The van der Waals surface area contributed by atoms with Gasteiger partial charge in [-0.15, -0.1) is 0 Å². The number of furan rings is 1. The molecule has 1 aliphatic rings. The van der Waals surface area contributed by atoms with Gasteiger partial charge < -0.3 is 18.8 Å². The van der Waals surface area contributed by atoms with Crippen LogP contribution in [-0.2, 0) is 29.1 Å². The van der Waals surface area contributed by atoms with Crippen LogP contribution in [0.15, 0.2) is 65.4 Å². The third-order valence-corrected chi connectivity index (χ3v) is 5.83. The number of aryl methyl sites for hydroxylation is 1. The SMILES string of the molecule is COC(=O)c1ccoc1COc1cccc2c1N(C(=O)Cn1ncc3ccccc31)CCC2. The predicted octanol–water partition coefficient (Wildman–Crippen LogP) is 3.97. The highest BCUT2D eigenvalue weighted by Crippen LogP contribution is 2.37. The van der Waals surface area contributed by atoms with Gasteiger partial charge in [0.2, 0.25) is 5.91 Å². The van der Waals surface area contributed by atoms with Gasteiger partial charge in [-0.05, 0) is 36.6 Å². The summed E-state index contributed by atoms with van der Waals surface area (Å²) in [5.74, 6) is 0.393. The lowest BCUT2D eigenvalue weighted by Gasteiger charge is -2.31. The monoisotopic (exact) mass is 445 g/mol. The molecule has 0 atom stereocenters. The Kier molecular flexibility index (Phi) is 5.56. The van der Waals surface area contributed by atoms with E-state index in [4.69, 9.17) is 13.9 Å². The van der Waals surface area contributed by atoms with E-state index in [0.29, 0.717) is 23.6 Å². The molecular formula is C25H23N3O5. The van der Waals surface area contributed by atoms with Crippen LogP contribution >= 0.6 is 0 Å². The van der Waals surface area contributed by atoms with Gasteiger partial charge in [-0.25, -0.2) is 4.79 Å². The van der Waals surface area contributed by atoms with E-state index in [0.717, 1.165) is 35.0 Å². The molecule has 0 unspecified atom stereocenters. The highest BCUT2D eigenvalue weighted by Gasteiger charge is 2.27. The first kappa shape index (κ1) is 20.8. The van der Waals surface area contributed by atoms with Crippen molar-refractivity contribution in [3.8, 4) is 5.75 Å². The minimum atomic E-state index is -0.485. The lowest BCUT2D eigenvalue weighted by atomic mass is 10.0. The normalized spacial score (nSPS) is 13.1. The quantitative estimate of drug-likeness (QED) is 0.418. The number of ether oxygens (including phenoxy) is 2. The third kappa shape index (κ3) is 3.95. The number of esters is 1. The molecule has 8 nitrogen and oxygen atoms in total. The summed E-state index contributed by atoms with van der Waals surface area (Å²) < 4.78 is 18.0. The number of carbonyl (C=O) groups is 2. The fourth-order valence-corrected chi connectivity index (χ4v) is 4.23. The van der Waals surface area contributed by atoms with Crippen molar-refractivity contribution < 1.29 is 23.5 Å². The van der Waals surface area contributed by atoms with Gasteiger partial charge in [-0.1, -0.05) is 30.3 Å². The molecule has 0 aliphatic carbocycles. The molecule has 0 saturated carbocycles. The molecule has 3 heterocycles. The zero-order chi connectivity index (χ0) is 22.8. The van der Waals surface area contributed by atoms with Crippen molar-refractivity contribution in [1.29, 1.82) is 0 Å². The summed E-state index contributed by atoms with van der Waals surface area (Å²) in [6.45, 7) is 0.769. The fourth-order valence-electron chi connectivity index (χ4n) is 4.23. The maximum atomic E-state index is 13.4. The maximum absolute atomic E-state index is 13.4. The predicted molar refractivity (Wildman–Crippen MR) is 121 cm³/mol. The summed E-state index contributed by atoms with van der Waals surface area (Å²) in [7, 11) is 1.32. The van der Waals surface area contributed by atoms with Gasteiger partial charge in [0.25, 0.3) is 0 Å². The van der Waals surface area contributed by atoms with Gasteiger partial charge in [0.05, 0.1) is 30.8 Å². The van der Waals surface area contributed by atoms with E-state index in [9.17, 15) is 9.59 Å². The first-order valence-electron chi connectivity index (χ1n) is 10.8. The molecule has 0 bridgehead atoms. The molecule has 0 saturated heterocycles. The van der Waals surface area contributed by atoms with Crippen LogP contribution in [0.2, 0.25) is 0 Å². The van der Waals surface area contributed by atoms with Gasteiger partial charge in [0.15, 0.2) is 5.76 Å². The van der Waals surface area contributed by atoms with Gasteiger partial charge in [-0.2, -0.15) is 5.10 Å². The van der Waals surface area contributed by atoms with Crippen LogP contribution in [0.3, 0.4) is 0 Å². The van der Waals surface area contributed by atoms with Crippen molar-refractivity contribution in [3.63, 3.8) is 0 Å². The van der Waals surface area contributed by atoms with Crippen LogP contribution in [0.25, 0.3) is 10.9 Å². The summed E-state index contributed by atoms with van der Waals surface area (Å²) in [6, 6.07) is 15.1. The summed E-state index contributed by atoms with van der Waals surface area (Å²) >= 11 is 0. The average molecular weight is 445 g/mol. The lowest BCUT2D eigenvalue weighted by molar-refractivity contribution is -0.119. The molecule has 0 fully saturated rings. The van der Waals surface area contributed by atoms with Gasteiger partial charge in [0.1, 0.15) is 24.5 Å². The first-order chi connectivity index (χ1) is 16.2. The minimum absolute atomic E-state index is 0.0414. The maximum Gasteiger partial charge on any atom is 0.341 e. The molecule has 168 valence electrons. The molecule has 2 aromatic heterocycles. The smallest absolute Gasteiger partial charge is 0.341 e. The number of benzene rings is 2. The van der Waals surface area contributed by atoms with Crippen molar-refractivity contribution in [2.24, 2.45) is 0 Å². The molecule has 33 heavy (non-hydrogen) atoms. The number of methoxy groups -OCH3 is 1. The molecule has 0 radical (unpaired) electrons. The van der Waals surface area contributed by atoms with E-state index in [1.54, 1.807) is 21.8 Å². The molecular weight excluding hydrogens is 422 g/mol. The number of hydrogen-bond donors (Lipinski definition) is 0. The Morgan fingerprint density at radius 3 is 2.88 bits per heavy atom. The molecule has 8 heteroatoms. The number of para-hydroxylation sites is 2. The molecule has 2 aromatic carbocycles. The van der Waals surface area contributed by atoms with E-state index < -0.39 is 5.97 Å². The number of anilines is 1. The second-order valence-electron chi connectivity index (χ2n) is 7.81. The molecule has 4 aromatic rings. The van der Waals surface area contributed by atoms with Crippen LogP contribution in [0.5, 0.6) is 5.75 Å². The second kappa shape index (κ2) is 8.82. The van der Waals surface area contributed by atoms with Crippen LogP contribution in [0, 0.1) is 0 Å². The second-order valence-corrected chi connectivity index (χ2v) is 7.81. The molecule has 0 spiro atoms. The van der Waals surface area contributed by atoms with E-state index in [1.165, 1.54) is 13.4 Å². The summed E-state index contributed by atoms with van der Waals surface area (Å²) in [4.78, 5) is 27.1. The summed E-state index contributed by atoms with van der Waals surface area (Å²) in [5, 5.41) is 5.39. The van der Waals surface area contributed by atoms with Crippen LogP contribution < -0.4 is 9.64 Å². The number of hydrogen-bond acceptors (Lipinski definition) is 6. The van der Waals surface area contributed by atoms with Crippen molar-refractivity contribution >= 4 is 28.5 Å². The zero-order valence-corrected chi connectivity index (χ0v) is 18.2. The number of aromatic nitrogens is 2. The van der Waals surface area contributed by atoms with Gasteiger partial charge in [0, 0.05) is 11.9 Å². The average Bonchev–Trinajstić information content (AvgIpc) is 3.49. The number of carbonyl (C=O) groups excluding carboxylic acids is 2. The van der Waals surface area contributed by atoms with Crippen LogP contribution in [0.4, 0.5) is 5.69 Å². The van der Waals surface area contributed by atoms with E-state index in [1.807, 2.05) is 42.5 Å². The summed E-state index contributed by atoms with van der Waals surface area (Å²) in [6.07, 6.45) is 4.92. The van der Waals surface area contributed by atoms with E-state index in [-0.39, 0.29) is 19.1 Å². The van der Waals surface area contributed by atoms with Crippen LogP contribution in [0.1, 0.15) is 28.1 Å². The largest absolute Gasteiger partial charge is 0.483 e. The Hall–Kier alpha value is -4.07. The van der Waals surface area contributed by atoms with Gasteiger partial charge >= 0.3 is 5.97 Å². The molecule has 1 amide bonds. The molecule has 0 N–H and O–H groups in total. The number of nitrogens with zero attached hydrogens (tertiary/aromatic N) is 3. The minimum Gasteiger partial charge on any atom is -0.483 e. The Morgan fingerprint density at radius 2 is 2.00 bits per heavy atom. The van der Waals surface area contributed by atoms with E-state index in [2.05, 4.69) is 5.10 Å². The van der Waals surface area contributed by atoms with Crippen molar-refractivity contribution in [2.45, 2.75) is 26.0 Å². The zero-order valence-electron chi connectivity index (χ0n) is 18.2. The summed E-state index contributed by atoms with van der Waals surface area (Å²) in [5.41, 5.74) is 3.04. The standard InChI is InChI=1S/C25H23N3O5/c1-31-25(30)19-11-13-32-22(19)16-33-21-10-4-7-17-8-5-12-27(24(17)21)23(29)15-28-20-9-3-2-6-18(20)14-26-28/h2-4,6-7,9-11,13-14H,5,8,12,15-16H2,1H3. The Balaban J connectivity index is 1.40. The fraction of sp³-hybridized carbons (Fsp3) is 0.240. The number of rotatable bonds is 6. The lowest BCUT2D eigenvalue weighted by Crippen LogP contribution is -2.38. The van der Waals surface area contributed by atoms with Crippen molar-refractivity contribution in [1.82, 2.24) is 9.78 Å². The topological polar surface area (TPSA) is 86.8 Å².